The van der Waals surface area contributed by atoms with E-state index < -0.39 is 20.0 Å². The highest BCUT2D eigenvalue weighted by Gasteiger charge is 2.32. The predicted octanol–water partition coefficient (Wildman–Crippen LogP) is 7.48. The largest absolute Gasteiger partial charge is 0.291 e. The van der Waals surface area contributed by atoms with Gasteiger partial charge in [0.05, 0.1) is 15.5 Å². The maximum Gasteiger partial charge on any atom is 0.243 e. The van der Waals surface area contributed by atoms with Gasteiger partial charge >= 0.3 is 0 Å². The summed E-state index contributed by atoms with van der Waals surface area (Å²) in [5.74, 6) is 0.773. The van der Waals surface area contributed by atoms with Crippen molar-refractivity contribution in [2.75, 3.05) is 31.7 Å². The second-order valence-corrected chi connectivity index (χ2v) is 17.3. The predicted molar refractivity (Wildman–Crippen MR) is 196 cm³/mol. The number of anilines is 1. The molecule has 5 aromatic carbocycles. The van der Waals surface area contributed by atoms with E-state index in [1.165, 1.54) is 56.1 Å². The highest BCUT2D eigenvalue weighted by atomic mass is 32.2. The number of nitrogens with one attached hydrogen (secondary N) is 1. The smallest absolute Gasteiger partial charge is 0.243 e. The molecule has 0 aromatic heterocycles. The molecule has 50 heavy (non-hydrogen) atoms. The van der Waals surface area contributed by atoms with E-state index in [0.29, 0.717) is 48.8 Å². The number of nitroso groups, excluding NO2 is 1. The molecule has 260 valence electrons. The summed E-state index contributed by atoms with van der Waals surface area (Å²) in [5.41, 5.74) is 4.79. The Morgan fingerprint density at radius 2 is 1.04 bits per heavy atom. The van der Waals surface area contributed by atoms with Gasteiger partial charge in [-0.3, -0.25) is 10.7 Å². The first-order valence-electron chi connectivity index (χ1n) is 17.0. The molecule has 2 saturated heterocycles. The van der Waals surface area contributed by atoms with Crippen molar-refractivity contribution in [2.24, 2.45) is 17.0 Å². The van der Waals surface area contributed by atoms with Gasteiger partial charge in [0.2, 0.25) is 20.0 Å². The number of fused-ring (bicyclic) bond motifs is 2. The molecule has 10 nitrogen and oxygen atoms in total. The summed E-state index contributed by atoms with van der Waals surface area (Å²) < 4.78 is 58.2. The van der Waals surface area contributed by atoms with E-state index in [-0.39, 0.29) is 31.9 Å². The molecule has 7 rings (SSSR count). The number of hydrogen-bond acceptors (Lipinski definition) is 8. The zero-order valence-corrected chi connectivity index (χ0v) is 29.2. The summed E-state index contributed by atoms with van der Waals surface area (Å²) >= 11 is 0. The zero-order valence-electron chi connectivity index (χ0n) is 27.6. The Balaban J connectivity index is 1.14. The first kappa shape index (κ1) is 34.3. The lowest BCUT2D eigenvalue weighted by Crippen LogP contribution is -2.38. The van der Waals surface area contributed by atoms with Crippen molar-refractivity contribution in [1.82, 2.24) is 8.61 Å². The molecule has 2 heterocycles. The third kappa shape index (κ3) is 6.66. The Kier molecular flexibility index (Phi) is 9.73. The van der Waals surface area contributed by atoms with Crippen molar-refractivity contribution in [3.8, 4) is 0 Å². The molecule has 5 aromatic rings. The van der Waals surface area contributed by atoms with Crippen molar-refractivity contribution < 1.29 is 22.0 Å². The third-order valence-corrected chi connectivity index (χ3v) is 14.2. The van der Waals surface area contributed by atoms with E-state index in [0.717, 1.165) is 38.5 Å². The second kappa shape index (κ2) is 14.2. The van der Waals surface area contributed by atoms with Crippen LogP contribution in [-0.4, -0.2) is 56.8 Å². The molecule has 0 spiro atoms. The lowest BCUT2D eigenvalue weighted by atomic mass is 9.91. The SMILES string of the molecule is O=Nc1c2cc(S(=O)(=O)N3CCC(Cc4ccccc4)CC3)ccc2c(NO)c2cc(S(=O)(=O)N3CCC(Cc4ccccc4)CC3)ccc12. The Bertz CT molecular complexity index is 2230. The molecule has 0 atom stereocenters. The van der Waals surface area contributed by atoms with Crippen LogP contribution in [0.25, 0.3) is 21.5 Å². The van der Waals surface area contributed by atoms with Gasteiger partial charge in [-0.25, -0.2) is 16.8 Å². The molecule has 0 radical (unpaired) electrons. The van der Waals surface area contributed by atoms with Gasteiger partial charge in [-0.2, -0.15) is 8.61 Å². The van der Waals surface area contributed by atoms with Crippen molar-refractivity contribution in [3.05, 3.63) is 113 Å². The first-order chi connectivity index (χ1) is 24.2. The lowest BCUT2D eigenvalue weighted by molar-refractivity contribution is 0.272. The summed E-state index contributed by atoms with van der Waals surface area (Å²) in [4.78, 5) is 12.4. The van der Waals surface area contributed by atoms with Crippen LogP contribution in [0.1, 0.15) is 36.8 Å². The minimum absolute atomic E-state index is 0.0227. The van der Waals surface area contributed by atoms with Crippen molar-refractivity contribution in [1.29, 1.82) is 0 Å². The Labute approximate surface area is 292 Å². The van der Waals surface area contributed by atoms with E-state index in [9.17, 15) is 26.9 Å². The number of piperidine rings is 2. The highest BCUT2D eigenvalue weighted by molar-refractivity contribution is 7.89. The lowest BCUT2D eigenvalue weighted by Gasteiger charge is -2.31. The fourth-order valence-corrected chi connectivity index (χ4v) is 10.6. The maximum atomic E-state index is 13.8. The molecule has 2 fully saturated rings. The summed E-state index contributed by atoms with van der Waals surface area (Å²) in [5, 5.41) is 14.7. The van der Waals surface area contributed by atoms with Gasteiger partial charge in [-0.1, -0.05) is 72.8 Å². The van der Waals surface area contributed by atoms with Crippen LogP contribution in [0.15, 0.2) is 112 Å². The van der Waals surface area contributed by atoms with Crippen molar-refractivity contribution in [3.63, 3.8) is 0 Å². The van der Waals surface area contributed by atoms with Crippen LogP contribution in [-0.2, 0) is 32.9 Å². The summed E-state index contributed by atoms with van der Waals surface area (Å²) in [6, 6.07) is 29.1. The van der Waals surface area contributed by atoms with Crippen molar-refractivity contribution in [2.45, 2.75) is 48.3 Å². The van der Waals surface area contributed by atoms with Gasteiger partial charge in [0.25, 0.3) is 0 Å². The molecule has 0 saturated carbocycles. The summed E-state index contributed by atoms with van der Waals surface area (Å²) in [6.07, 6.45) is 4.77. The Morgan fingerprint density at radius 3 is 1.48 bits per heavy atom. The molecule has 2 aliphatic rings. The van der Waals surface area contributed by atoms with E-state index in [1.54, 1.807) is 0 Å². The van der Waals surface area contributed by atoms with Gasteiger partial charge in [0.1, 0.15) is 5.69 Å². The number of benzene rings is 5. The second-order valence-electron chi connectivity index (χ2n) is 13.4. The van der Waals surface area contributed by atoms with Crippen LogP contribution in [0, 0.1) is 16.7 Å². The average molecular weight is 713 g/mol. The zero-order chi connectivity index (χ0) is 34.9. The summed E-state index contributed by atoms with van der Waals surface area (Å²) in [7, 11) is -7.76. The highest BCUT2D eigenvalue weighted by Crippen LogP contribution is 2.43. The van der Waals surface area contributed by atoms with Gasteiger partial charge in [0.15, 0.2) is 0 Å². The molecular formula is C38H40N4O6S2. The molecule has 0 bridgehead atoms. The van der Waals surface area contributed by atoms with Crippen LogP contribution < -0.4 is 5.48 Å². The van der Waals surface area contributed by atoms with Gasteiger partial charge < -0.3 is 0 Å². The molecule has 0 amide bonds. The van der Waals surface area contributed by atoms with Crippen LogP contribution in [0.2, 0.25) is 0 Å². The molecular weight excluding hydrogens is 673 g/mol. The molecule has 2 aliphatic heterocycles. The fraction of sp³-hybridized carbons (Fsp3) is 0.316. The molecule has 0 aliphatic carbocycles. The maximum absolute atomic E-state index is 13.8. The topological polar surface area (TPSA) is 136 Å². The Morgan fingerprint density at radius 1 is 0.600 bits per heavy atom. The fourth-order valence-electron chi connectivity index (χ4n) is 7.60. The monoisotopic (exact) mass is 712 g/mol. The minimum atomic E-state index is -3.89. The van der Waals surface area contributed by atoms with Crippen molar-refractivity contribution >= 4 is 53.0 Å². The molecule has 2 N–H and O–H groups in total. The van der Waals surface area contributed by atoms with E-state index in [4.69, 9.17) is 0 Å². The third-order valence-electron chi connectivity index (χ3n) is 10.4. The quantitative estimate of drug-likeness (QED) is 0.0871. The van der Waals surface area contributed by atoms with E-state index in [1.807, 2.05) is 36.4 Å². The van der Waals surface area contributed by atoms with Gasteiger partial charge in [-0.05, 0) is 90.9 Å². The van der Waals surface area contributed by atoms with Crippen LogP contribution >= 0.6 is 0 Å². The number of rotatable bonds is 10. The van der Waals surface area contributed by atoms with Gasteiger partial charge in [0, 0.05) is 47.7 Å². The van der Waals surface area contributed by atoms with Crippen LogP contribution in [0.5, 0.6) is 0 Å². The molecule has 12 heteroatoms. The first-order valence-corrected chi connectivity index (χ1v) is 19.9. The van der Waals surface area contributed by atoms with E-state index in [2.05, 4.69) is 34.9 Å². The van der Waals surface area contributed by atoms with Crippen LogP contribution in [0.3, 0.4) is 0 Å². The number of nitrogens with zero attached hydrogens (tertiary/aromatic N) is 3. The number of sulfonamides is 2. The Hall–Kier alpha value is -4.20. The number of hydrogen-bond donors (Lipinski definition) is 2. The normalized spacial score (nSPS) is 17.3. The van der Waals surface area contributed by atoms with Gasteiger partial charge in [-0.15, -0.1) is 4.91 Å². The molecule has 0 unspecified atom stereocenters. The standard InChI is InChI=1S/C38H40N4O6S2/c43-39-37-34-14-12-32(50(47,48)42-21-17-30(18-22-42)24-28-9-5-2-6-10-28)26-36(34)38(40-44)33-13-11-31(25-35(33)37)49(45,46)41-19-15-29(16-20-41)23-27-7-3-1-4-8-27/h1-14,25-26,29-30,39,43H,15-24H2. The van der Waals surface area contributed by atoms with E-state index >= 15 is 0 Å². The van der Waals surface area contributed by atoms with Crippen LogP contribution in [0.4, 0.5) is 11.4 Å². The summed E-state index contributed by atoms with van der Waals surface area (Å²) in [6.45, 7) is 1.56. The minimum Gasteiger partial charge on any atom is -0.291 e. The average Bonchev–Trinajstić information content (AvgIpc) is 3.14.